The summed E-state index contributed by atoms with van der Waals surface area (Å²) in [4.78, 5) is 40.4. The maximum atomic E-state index is 13.5. The van der Waals surface area contributed by atoms with E-state index in [1.165, 1.54) is 35.9 Å². The van der Waals surface area contributed by atoms with Crippen LogP contribution in [0.5, 0.6) is 11.5 Å². The zero-order valence-corrected chi connectivity index (χ0v) is 24.9. The molecular formula is C30H22ClN3O7S2. The Kier molecular flexibility index (Phi) is 8.06. The van der Waals surface area contributed by atoms with Crippen molar-refractivity contribution in [2.45, 2.75) is 16.1 Å². The standard InChI is InChI=1S/C30H22ClN3O7S2/c1-39-28(38)18-6-4-17(5-7-18)24-23(25(35)19-8-11-21-22(14-19)41-13-12-40-21)26(36)27(37)34(24)29-32-33-30(43-29)42-15-16-2-9-20(31)10-3-16/h2-11,14,24,35H,12-13,15H2,1H3/b25-23+. The number of esters is 1. The van der Waals surface area contributed by atoms with Gasteiger partial charge < -0.3 is 19.3 Å². The number of aromatic nitrogens is 2. The molecule has 0 aliphatic carbocycles. The molecule has 43 heavy (non-hydrogen) atoms. The Labute approximate surface area is 258 Å². The largest absolute Gasteiger partial charge is 0.507 e. The number of carbonyl (C=O) groups excluding carboxylic acids is 3. The number of aliphatic hydroxyl groups is 1. The maximum absolute atomic E-state index is 13.5. The van der Waals surface area contributed by atoms with Crippen molar-refractivity contribution in [1.29, 1.82) is 0 Å². The van der Waals surface area contributed by atoms with Crippen molar-refractivity contribution in [2.24, 2.45) is 0 Å². The van der Waals surface area contributed by atoms with Crippen LogP contribution in [0.1, 0.15) is 33.1 Å². The number of nitrogens with zero attached hydrogens (tertiary/aromatic N) is 3. The lowest BCUT2D eigenvalue weighted by molar-refractivity contribution is -0.132. The zero-order valence-electron chi connectivity index (χ0n) is 22.5. The monoisotopic (exact) mass is 635 g/mol. The van der Waals surface area contributed by atoms with Crippen molar-refractivity contribution in [3.8, 4) is 11.5 Å². The van der Waals surface area contributed by atoms with Gasteiger partial charge in [-0.25, -0.2) is 4.79 Å². The highest BCUT2D eigenvalue weighted by Gasteiger charge is 2.48. The van der Waals surface area contributed by atoms with E-state index in [2.05, 4.69) is 10.2 Å². The average Bonchev–Trinajstić information content (AvgIpc) is 3.61. The van der Waals surface area contributed by atoms with Crippen molar-refractivity contribution in [2.75, 3.05) is 25.2 Å². The van der Waals surface area contributed by atoms with Gasteiger partial charge in [-0.05, 0) is 53.6 Å². The van der Waals surface area contributed by atoms with E-state index < -0.39 is 23.7 Å². The molecule has 1 amide bonds. The number of anilines is 1. The predicted molar refractivity (Wildman–Crippen MR) is 161 cm³/mol. The second-order valence-electron chi connectivity index (χ2n) is 9.41. The molecule has 218 valence electrons. The predicted octanol–water partition coefficient (Wildman–Crippen LogP) is 5.67. The Morgan fingerprint density at radius 2 is 1.72 bits per heavy atom. The highest BCUT2D eigenvalue weighted by molar-refractivity contribution is 8.00. The fourth-order valence-corrected chi connectivity index (χ4v) is 6.64. The molecule has 0 saturated carbocycles. The van der Waals surface area contributed by atoms with Gasteiger partial charge in [-0.2, -0.15) is 0 Å². The molecule has 10 nitrogen and oxygen atoms in total. The minimum Gasteiger partial charge on any atom is -0.507 e. The molecule has 0 bridgehead atoms. The molecule has 6 rings (SSSR count). The molecule has 3 heterocycles. The number of methoxy groups -OCH3 is 1. The molecule has 0 spiro atoms. The number of thioether (sulfide) groups is 1. The average molecular weight is 636 g/mol. The minimum atomic E-state index is -1.05. The zero-order chi connectivity index (χ0) is 30.1. The molecule has 1 atom stereocenters. The van der Waals surface area contributed by atoms with E-state index in [1.54, 1.807) is 42.5 Å². The number of amides is 1. The lowest BCUT2D eigenvalue weighted by atomic mass is 9.94. The van der Waals surface area contributed by atoms with E-state index in [0.717, 1.165) is 16.9 Å². The number of ether oxygens (including phenoxy) is 3. The number of hydrogen-bond donors (Lipinski definition) is 1. The second kappa shape index (κ2) is 12.1. The Hall–Kier alpha value is -4.39. The summed E-state index contributed by atoms with van der Waals surface area (Å²) in [6, 6.07) is 17.4. The third kappa shape index (κ3) is 5.68. The highest BCUT2D eigenvalue weighted by atomic mass is 35.5. The first kappa shape index (κ1) is 28.7. The molecule has 1 unspecified atom stereocenters. The van der Waals surface area contributed by atoms with Gasteiger partial charge in [-0.15, -0.1) is 10.2 Å². The van der Waals surface area contributed by atoms with Crippen LogP contribution in [0.3, 0.4) is 0 Å². The van der Waals surface area contributed by atoms with Gasteiger partial charge in [-0.3, -0.25) is 14.5 Å². The normalized spacial score (nSPS) is 17.3. The van der Waals surface area contributed by atoms with Gasteiger partial charge in [0.2, 0.25) is 5.13 Å². The van der Waals surface area contributed by atoms with Crippen LogP contribution in [0.2, 0.25) is 5.02 Å². The lowest BCUT2D eigenvalue weighted by Gasteiger charge is -2.23. The second-order valence-corrected chi connectivity index (χ2v) is 12.0. The van der Waals surface area contributed by atoms with Gasteiger partial charge in [-0.1, -0.05) is 59.0 Å². The van der Waals surface area contributed by atoms with Crippen molar-refractivity contribution in [3.63, 3.8) is 0 Å². The SMILES string of the molecule is COC(=O)c1ccc(C2/C(=C(\O)c3ccc4c(c3)OCCO4)C(=O)C(=O)N2c2nnc(SCc3ccc(Cl)cc3)s2)cc1. The van der Waals surface area contributed by atoms with Crippen LogP contribution in [0.25, 0.3) is 5.76 Å². The van der Waals surface area contributed by atoms with Gasteiger partial charge in [0, 0.05) is 16.3 Å². The van der Waals surface area contributed by atoms with Gasteiger partial charge >= 0.3 is 11.9 Å². The van der Waals surface area contributed by atoms with Gasteiger partial charge in [0.1, 0.15) is 19.0 Å². The molecule has 1 saturated heterocycles. The fourth-order valence-electron chi connectivity index (χ4n) is 4.69. The number of Topliss-reactive ketones (excluding diaryl/α,β-unsaturated/α-hetero) is 1. The van der Waals surface area contributed by atoms with Crippen LogP contribution < -0.4 is 14.4 Å². The van der Waals surface area contributed by atoms with Crippen molar-refractivity contribution >= 4 is 63.3 Å². The summed E-state index contributed by atoms with van der Waals surface area (Å²) >= 11 is 8.55. The van der Waals surface area contributed by atoms with E-state index >= 15 is 0 Å². The Bertz CT molecular complexity index is 1760. The smallest absolute Gasteiger partial charge is 0.337 e. The third-order valence-electron chi connectivity index (χ3n) is 6.79. The molecule has 4 aromatic rings. The van der Waals surface area contributed by atoms with Crippen LogP contribution >= 0.6 is 34.7 Å². The fraction of sp³-hybridized carbons (Fsp3) is 0.167. The van der Waals surface area contributed by atoms with Crippen LogP contribution in [0.4, 0.5) is 5.13 Å². The van der Waals surface area contributed by atoms with E-state index in [9.17, 15) is 19.5 Å². The van der Waals surface area contributed by atoms with Gasteiger partial charge in [0.25, 0.3) is 5.78 Å². The highest BCUT2D eigenvalue weighted by Crippen LogP contribution is 2.45. The topological polar surface area (TPSA) is 128 Å². The molecule has 13 heteroatoms. The molecule has 1 aromatic heterocycles. The van der Waals surface area contributed by atoms with Crippen LogP contribution in [-0.2, 0) is 20.1 Å². The number of rotatable bonds is 7. The molecule has 2 aliphatic heterocycles. The van der Waals surface area contributed by atoms with E-state index in [-0.39, 0.29) is 27.6 Å². The van der Waals surface area contributed by atoms with Crippen LogP contribution in [0, 0.1) is 0 Å². The summed E-state index contributed by atoms with van der Waals surface area (Å²) in [6.07, 6.45) is 0. The quantitative estimate of drug-likeness (QED) is 0.0677. The van der Waals surface area contributed by atoms with E-state index in [4.69, 9.17) is 25.8 Å². The number of ketones is 1. The maximum Gasteiger partial charge on any atom is 0.337 e. The molecule has 3 aromatic carbocycles. The number of benzene rings is 3. The van der Waals surface area contributed by atoms with Crippen molar-refractivity contribution in [3.05, 3.63) is 99.6 Å². The Morgan fingerprint density at radius 3 is 2.44 bits per heavy atom. The van der Waals surface area contributed by atoms with E-state index in [0.29, 0.717) is 45.4 Å². The van der Waals surface area contributed by atoms with E-state index in [1.807, 2.05) is 12.1 Å². The molecule has 0 radical (unpaired) electrons. The summed E-state index contributed by atoms with van der Waals surface area (Å²) in [5.74, 6) is -1.17. The van der Waals surface area contributed by atoms with Crippen LogP contribution in [0.15, 0.2) is 76.6 Å². The number of aliphatic hydroxyl groups excluding tert-OH is 1. The molecule has 1 N–H and O–H groups in total. The molecular weight excluding hydrogens is 614 g/mol. The summed E-state index contributed by atoms with van der Waals surface area (Å²) in [5.41, 5.74) is 1.91. The summed E-state index contributed by atoms with van der Waals surface area (Å²) < 4.78 is 16.6. The van der Waals surface area contributed by atoms with Crippen molar-refractivity contribution in [1.82, 2.24) is 10.2 Å². The third-order valence-corrected chi connectivity index (χ3v) is 9.16. The Balaban J connectivity index is 1.39. The van der Waals surface area contributed by atoms with Gasteiger partial charge in [0.15, 0.2) is 15.8 Å². The van der Waals surface area contributed by atoms with Crippen molar-refractivity contribution < 1.29 is 33.7 Å². The minimum absolute atomic E-state index is 0.141. The summed E-state index contributed by atoms with van der Waals surface area (Å²) in [6.45, 7) is 0.733. The summed E-state index contributed by atoms with van der Waals surface area (Å²) in [5, 5.41) is 20.8. The van der Waals surface area contributed by atoms with Gasteiger partial charge in [0.05, 0.1) is 24.3 Å². The lowest BCUT2D eigenvalue weighted by Crippen LogP contribution is -2.29. The molecule has 1 fully saturated rings. The number of hydrogen-bond acceptors (Lipinski definition) is 11. The number of halogens is 1. The first-order chi connectivity index (χ1) is 20.8. The molecule has 2 aliphatic rings. The summed E-state index contributed by atoms with van der Waals surface area (Å²) in [7, 11) is 1.27. The van der Waals surface area contributed by atoms with Crippen LogP contribution in [-0.4, -0.2) is 53.3 Å². The first-order valence-electron chi connectivity index (χ1n) is 12.9. The number of fused-ring (bicyclic) bond motifs is 1. The first-order valence-corrected chi connectivity index (χ1v) is 15.1. The number of carbonyl (C=O) groups is 3. The Morgan fingerprint density at radius 1 is 1.02 bits per heavy atom.